The van der Waals surface area contributed by atoms with Crippen molar-refractivity contribution in [2.45, 2.75) is 6.18 Å². The molecule has 1 aromatic rings. The van der Waals surface area contributed by atoms with Gasteiger partial charge in [-0.3, -0.25) is 9.36 Å². The van der Waals surface area contributed by atoms with Crippen LogP contribution < -0.4 is 5.56 Å². The van der Waals surface area contributed by atoms with Gasteiger partial charge in [0.1, 0.15) is 0 Å². The number of nitrogens with zero attached hydrogens (tertiary/aromatic N) is 2. The Kier molecular flexibility index (Phi) is 2.22. The van der Waals surface area contributed by atoms with Crippen LogP contribution in [0.3, 0.4) is 0 Å². The molecule has 0 amide bonds. The van der Waals surface area contributed by atoms with Crippen LogP contribution in [0.4, 0.5) is 13.2 Å². The zero-order chi connectivity index (χ0) is 10.1. The normalized spacial score (nSPS) is 11.3. The van der Waals surface area contributed by atoms with Crippen molar-refractivity contribution in [3.8, 4) is 0 Å². The highest BCUT2D eigenvalue weighted by atomic mass is 19.4. The van der Waals surface area contributed by atoms with Crippen LogP contribution in [0.1, 0.15) is 5.82 Å². The Morgan fingerprint density at radius 1 is 1.54 bits per heavy atom. The fraction of sp³-hybridized carbons (Fsp3) is 0.143. The van der Waals surface area contributed by atoms with Crippen molar-refractivity contribution in [1.29, 1.82) is 0 Å². The molecule has 0 fully saturated rings. The van der Waals surface area contributed by atoms with Crippen LogP contribution in [0.5, 0.6) is 0 Å². The summed E-state index contributed by atoms with van der Waals surface area (Å²) >= 11 is 0. The van der Waals surface area contributed by atoms with Crippen molar-refractivity contribution in [2.75, 3.05) is 0 Å². The van der Waals surface area contributed by atoms with E-state index in [0.717, 1.165) is 18.5 Å². The van der Waals surface area contributed by atoms with E-state index in [9.17, 15) is 18.0 Å². The maximum Gasteiger partial charge on any atom is 0.450 e. The van der Waals surface area contributed by atoms with Crippen LogP contribution in [0, 0.1) is 0 Å². The minimum absolute atomic E-state index is 0.347. The molecule has 70 valence electrons. The molecule has 0 saturated carbocycles. The standard InChI is InChI=1S/C7H5F3N2O/c1-2-12-5(13)3-4-11-6(12)7(8,9)10/h2-4H,1H2. The second-order valence-electron chi connectivity index (χ2n) is 2.16. The van der Waals surface area contributed by atoms with E-state index in [2.05, 4.69) is 11.6 Å². The first kappa shape index (κ1) is 9.50. The minimum Gasteiger partial charge on any atom is -0.269 e. The van der Waals surface area contributed by atoms with E-state index >= 15 is 0 Å². The predicted molar refractivity (Wildman–Crippen MR) is 39.9 cm³/mol. The molecule has 1 aromatic heterocycles. The van der Waals surface area contributed by atoms with Crippen molar-refractivity contribution in [2.24, 2.45) is 0 Å². The molecule has 0 unspecified atom stereocenters. The van der Waals surface area contributed by atoms with Gasteiger partial charge in [-0.05, 0) is 0 Å². The topological polar surface area (TPSA) is 34.9 Å². The zero-order valence-corrected chi connectivity index (χ0v) is 6.38. The second kappa shape index (κ2) is 3.04. The van der Waals surface area contributed by atoms with Gasteiger partial charge >= 0.3 is 6.18 Å². The number of aromatic nitrogens is 2. The van der Waals surface area contributed by atoms with Crippen molar-refractivity contribution < 1.29 is 13.2 Å². The lowest BCUT2D eigenvalue weighted by atomic mass is 10.5. The van der Waals surface area contributed by atoms with Crippen molar-refractivity contribution in [3.05, 3.63) is 35.0 Å². The van der Waals surface area contributed by atoms with Crippen molar-refractivity contribution in [3.63, 3.8) is 0 Å². The average molecular weight is 190 g/mol. The van der Waals surface area contributed by atoms with Gasteiger partial charge in [-0.25, -0.2) is 4.98 Å². The fourth-order valence-corrected chi connectivity index (χ4v) is 0.805. The van der Waals surface area contributed by atoms with E-state index in [1.54, 1.807) is 0 Å². The van der Waals surface area contributed by atoms with Gasteiger partial charge in [-0.2, -0.15) is 13.2 Å². The van der Waals surface area contributed by atoms with E-state index in [1.165, 1.54) is 0 Å². The summed E-state index contributed by atoms with van der Waals surface area (Å²) in [5.74, 6) is -1.27. The first-order valence-electron chi connectivity index (χ1n) is 3.24. The number of halogens is 3. The van der Waals surface area contributed by atoms with Crippen LogP contribution in [-0.2, 0) is 6.18 Å². The summed E-state index contributed by atoms with van der Waals surface area (Å²) in [4.78, 5) is 13.9. The van der Waals surface area contributed by atoms with E-state index < -0.39 is 17.6 Å². The Morgan fingerprint density at radius 2 is 2.15 bits per heavy atom. The van der Waals surface area contributed by atoms with Crippen molar-refractivity contribution >= 4 is 6.20 Å². The van der Waals surface area contributed by atoms with E-state index in [4.69, 9.17) is 0 Å². The lowest BCUT2D eigenvalue weighted by Gasteiger charge is -2.08. The van der Waals surface area contributed by atoms with Crippen LogP contribution in [0.2, 0.25) is 0 Å². The minimum atomic E-state index is -4.64. The third-order valence-electron chi connectivity index (χ3n) is 1.32. The molecule has 0 atom stereocenters. The summed E-state index contributed by atoms with van der Waals surface area (Å²) in [5, 5.41) is 0. The van der Waals surface area contributed by atoms with E-state index in [-0.39, 0.29) is 0 Å². The van der Waals surface area contributed by atoms with Gasteiger partial charge in [0.05, 0.1) is 0 Å². The Bertz CT molecular complexity index is 380. The lowest BCUT2D eigenvalue weighted by molar-refractivity contribution is -0.146. The van der Waals surface area contributed by atoms with Gasteiger partial charge in [0, 0.05) is 18.5 Å². The molecule has 0 saturated heterocycles. The number of hydrogen-bond acceptors (Lipinski definition) is 2. The first-order chi connectivity index (χ1) is 5.96. The van der Waals surface area contributed by atoms with Crippen LogP contribution in [0.15, 0.2) is 23.6 Å². The molecule has 0 aliphatic carbocycles. The number of rotatable bonds is 1. The van der Waals surface area contributed by atoms with Gasteiger partial charge in [0.2, 0.25) is 5.82 Å². The third kappa shape index (κ3) is 1.77. The van der Waals surface area contributed by atoms with Gasteiger partial charge in [0.15, 0.2) is 0 Å². The molecule has 0 radical (unpaired) electrons. The summed E-state index contributed by atoms with van der Waals surface area (Å²) in [6.45, 7) is 3.09. The lowest BCUT2D eigenvalue weighted by Crippen LogP contribution is -2.25. The largest absolute Gasteiger partial charge is 0.450 e. The van der Waals surface area contributed by atoms with Gasteiger partial charge in [-0.15, -0.1) is 0 Å². The summed E-state index contributed by atoms with van der Waals surface area (Å²) in [6.07, 6.45) is -3.06. The number of alkyl halides is 3. The molecular formula is C7H5F3N2O. The highest BCUT2D eigenvalue weighted by Gasteiger charge is 2.35. The van der Waals surface area contributed by atoms with Crippen LogP contribution in [0.25, 0.3) is 6.20 Å². The third-order valence-corrected chi connectivity index (χ3v) is 1.32. The Labute approximate surface area is 71.1 Å². The summed E-state index contributed by atoms with van der Waals surface area (Å²) in [7, 11) is 0. The van der Waals surface area contributed by atoms with E-state index in [0.29, 0.717) is 4.57 Å². The van der Waals surface area contributed by atoms with Gasteiger partial charge < -0.3 is 0 Å². The molecule has 0 N–H and O–H groups in total. The molecule has 0 spiro atoms. The molecule has 3 nitrogen and oxygen atoms in total. The summed E-state index contributed by atoms with van der Waals surface area (Å²) in [6, 6.07) is 0.928. The Morgan fingerprint density at radius 3 is 2.54 bits per heavy atom. The summed E-state index contributed by atoms with van der Waals surface area (Å²) < 4.78 is 36.8. The Hall–Kier alpha value is -1.59. The summed E-state index contributed by atoms with van der Waals surface area (Å²) in [5.41, 5.74) is -0.808. The maximum absolute atomic E-state index is 12.1. The maximum atomic E-state index is 12.1. The smallest absolute Gasteiger partial charge is 0.269 e. The fourth-order valence-electron chi connectivity index (χ4n) is 0.805. The molecule has 6 heteroatoms. The highest BCUT2D eigenvalue weighted by molar-refractivity contribution is 5.20. The zero-order valence-electron chi connectivity index (χ0n) is 6.38. The second-order valence-corrected chi connectivity index (χ2v) is 2.16. The average Bonchev–Trinajstić information content (AvgIpc) is 2.02. The molecule has 0 bridgehead atoms. The monoisotopic (exact) mass is 190 g/mol. The van der Waals surface area contributed by atoms with Crippen molar-refractivity contribution in [1.82, 2.24) is 9.55 Å². The SMILES string of the molecule is C=Cn1c(C(F)(F)F)nccc1=O. The van der Waals surface area contributed by atoms with Crippen LogP contribution in [-0.4, -0.2) is 9.55 Å². The Balaban J connectivity index is 3.46. The van der Waals surface area contributed by atoms with Gasteiger partial charge in [0.25, 0.3) is 5.56 Å². The molecule has 13 heavy (non-hydrogen) atoms. The molecule has 0 aliphatic rings. The molecular weight excluding hydrogens is 185 g/mol. The quantitative estimate of drug-likeness (QED) is 0.670. The highest BCUT2D eigenvalue weighted by Crippen LogP contribution is 2.26. The molecule has 0 aliphatic heterocycles. The molecule has 0 aromatic carbocycles. The van der Waals surface area contributed by atoms with E-state index in [1.807, 2.05) is 0 Å². The molecule has 1 heterocycles. The molecule has 1 rings (SSSR count). The number of hydrogen-bond donors (Lipinski definition) is 0. The predicted octanol–water partition coefficient (Wildman–Crippen LogP) is 1.36. The first-order valence-corrected chi connectivity index (χ1v) is 3.24. The van der Waals surface area contributed by atoms with Gasteiger partial charge in [-0.1, -0.05) is 6.58 Å². The van der Waals surface area contributed by atoms with Crippen LogP contribution >= 0.6 is 0 Å².